The van der Waals surface area contributed by atoms with Gasteiger partial charge >= 0.3 is 0 Å². The van der Waals surface area contributed by atoms with Crippen LogP contribution in [-0.2, 0) is 6.42 Å². The highest BCUT2D eigenvalue weighted by atomic mass is 32.1. The van der Waals surface area contributed by atoms with E-state index in [2.05, 4.69) is 25.0 Å². The van der Waals surface area contributed by atoms with E-state index in [-0.39, 0.29) is 11.7 Å². The van der Waals surface area contributed by atoms with Gasteiger partial charge in [0.25, 0.3) is 5.91 Å². The Bertz CT molecular complexity index is 1090. The van der Waals surface area contributed by atoms with E-state index in [1.807, 2.05) is 5.38 Å². The summed E-state index contributed by atoms with van der Waals surface area (Å²) in [4.78, 5) is 17.7. The van der Waals surface area contributed by atoms with Crippen molar-refractivity contribution in [2.24, 2.45) is 0 Å². The zero-order chi connectivity index (χ0) is 18.1. The van der Waals surface area contributed by atoms with Crippen LogP contribution in [0.2, 0.25) is 0 Å². The zero-order valence-corrected chi connectivity index (χ0v) is 15.3. The number of carbonyl (C=O) groups excluding carboxylic acids is 1. The lowest BCUT2D eigenvalue weighted by Crippen LogP contribution is -2.25. The van der Waals surface area contributed by atoms with Crippen LogP contribution >= 0.6 is 22.9 Å². The molecule has 0 saturated heterocycles. The molecule has 0 spiro atoms. The van der Waals surface area contributed by atoms with Crippen LogP contribution in [0, 0.1) is 12.7 Å². The predicted octanol–water partition coefficient (Wildman–Crippen LogP) is 2.73. The maximum absolute atomic E-state index is 13.9. The summed E-state index contributed by atoms with van der Waals surface area (Å²) in [7, 11) is 0. The van der Waals surface area contributed by atoms with Crippen LogP contribution in [0.1, 0.15) is 21.1 Å². The third kappa shape index (κ3) is 3.08. The van der Waals surface area contributed by atoms with Crippen molar-refractivity contribution in [1.82, 2.24) is 29.5 Å². The first-order chi connectivity index (χ1) is 12.6. The third-order valence-electron chi connectivity index (χ3n) is 3.79. The number of hydrogen-bond donors (Lipinski definition) is 1. The largest absolute Gasteiger partial charge is 0.351 e. The molecular weight excluding hydrogens is 375 g/mol. The van der Waals surface area contributed by atoms with Gasteiger partial charge in [-0.15, -0.1) is 21.5 Å². The molecule has 0 aliphatic carbocycles. The number of benzene rings is 1. The van der Waals surface area contributed by atoms with Gasteiger partial charge in [-0.3, -0.25) is 4.79 Å². The Morgan fingerprint density at radius 1 is 1.35 bits per heavy atom. The average molecular weight is 388 g/mol. The molecule has 4 aromatic rings. The first kappa shape index (κ1) is 16.7. The van der Waals surface area contributed by atoms with Crippen molar-refractivity contribution in [2.75, 3.05) is 6.54 Å². The summed E-state index contributed by atoms with van der Waals surface area (Å²) in [5, 5.41) is 13.0. The van der Waals surface area contributed by atoms with Crippen molar-refractivity contribution < 1.29 is 9.18 Å². The van der Waals surface area contributed by atoms with Crippen LogP contribution in [-0.4, -0.2) is 36.6 Å². The minimum absolute atomic E-state index is 0.186. The number of aryl methyl sites for hydroxylation is 1. The standard InChI is InChI=1S/C16H13FN6OS2/c1-9-13(26-22-20-9)15(24)18-7-6-10-8-25-16-19-14(21-23(10)16)11-4-2-3-5-12(11)17/h2-5,8H,6-7H2,1H3,(H,18,24). The fraction of sp³-hybridized carbons (Fsp3) is 0.188. The molecule has 1 N–H and O–H groups in total. The second-order valence-electron chi connectivity index (χ2n) is 5.53. The maximum atomic E-state index is 13.9. The number of rotatable bonds is 5. The lowest BCUT2D eigenvalue weighted by molar-refractivity contribution is 0.0957. The van der Waals surface area contributed by atoms with Crippen LogP contribution < -0.4 is 5.32 Å². The number of nitrogens with zero attached hydrogens (tertiary/aromatic N) is 5. The second-order valence-corrected chi connectivity index (χ2v) is 7.12. The predicted molar refractivity (Wildman–Crippen MR) is 96.9 cm³/mol. The summed E-state index contributed by atoms with van der Waals surface area (Å²) < 4.78 is 19.4. The molecule has 132 valence electrons. The molecule has 3 heterocycles. The highest BCUT2D eigenvalue weighted by Gasteiger charge is 2.15. The molecule has 0 saturated carbocycles. The molecule has 0 aliphatic heterocycles. The number of amides is 1. The highest BCUT2D eigenvalue weighted by Crippen LogP contribution is 2.23. The molecule has 7 nitrogen and oxygen atoms in total. The van der Waals surface area contributed by atoms with Crippen molar-refractivity contribution in [3.8, 4) is 11.4 Å². The van der Waals surface area contributed by atoms with E-state index >= 15 is 0 Å². The summed E-state index contributed by atoms with van der Waals surface area (Å²) in [5.74, 6) is -0.186. The van der Waals surface area contributed by atoms with Crippen molar-refractivity contribution in [2.45, 2.75) is 13.3 Å². The van der Waals surface area contributed by atoms with E-state index < -0.39 is 0 Å². The van der Waals surface area contributed by atoms with E-state index in [9.17, 15) is 9.18 Å². The number of aromatic nitrogens is 5. The molecule has 1 aromatic carbocycles. The lowest BCUT2D eigenvalue weighted by atomic mass is 10.2. The van der Waals surface area contributed by atoms with Crippen LogP contribution in [0.15, 0.2) is 29.6 Å². The van der Waals surface area contributed by atoms with Crippen LogP contribution in [0.4, 0.5) is 4.39 Å². The quantitative estimate of drug-likeness (QED) is 0.568. The number of fused-ring (bicyclic) bond motifs is 1. The number of halogens is 1. The molecule has 10 heteroatoms. The minimum Gasteiger partial charge on any atom is -0.351 e. The molecule has 1 amide bonds. The topological polar surface area (TPSA) is 85.1 Å². The Hall–Kier alpha value is -2.72. The first-order valence-electron chi connectivity index (χ1n) is 7.78. The number of carbonyl (C=O) groups is 1. The van der Waals surface area contributed by atoms with Gasteiger partial charge in [0.05, 0.1) is 17.0 Å². The summed E-state index contributed by atoms with van der Waals surface area (Å²) >= 11 is 2.51. The fourth-order valence-corrected chi connectivity index (χ4v) is 3.91. The van der Waals surface area contributed by atoms with Gasteiger partial charge in [0, 0.05) is 18.3 Å². The summed E-state index contributed by atoms with van der Waals surface area (Å²) in [6.45, 7) is 2.19. The van der Waals surface area contributed by atoms with E-state index in [1.165, 1.54) is 17.4 Å². The average Bonchev–Trinajstić information content (AvgIpc) is 3.32. The molecule has 0 radical (unpaired) electrons. The Kier molecular flexibility index (Phi) is 4.43. The molecule has 0 unspecified atom stereocenters. The first-order valence-corrected chi connectivity index (χ1v) is 9.44. The van der Waals surface area contributed by atoms with Crippen molar-refractivity contribution in [1.29, 1.82) is 0 Å². The van der Waals surface area contributed by atoms with Gasteiger partial charge in [0.1, 0.15) is 10.7 Å². The third-order valence-corrected chi connectivity index (χ3v) is 5.48. The van der Waals surface area contributed by atoms with E-state index in [0.29, 0.717) is 39.9 Å². The molecule has 0 bridgehead atoms. The summed E-state index contributed by atoms with van der Waals surface area (Å²) in [6, 6.07) is 6.42. The molecule has 0 aliphatic rings. The van der Waals surface area contributed by atoms with E-state index in [1.54, 1.807) is 29.6 Å². The Balaban J connectivity index is 1.48. The van der Waals surface area contributed by atoms with Gasteiger partial charge in [-0.05, 0) is 30.6 Å². The minimum atomic E-state index is -0.354. The van der Waals surface area contributed by atoms with Crippen molar-refractivity contribution in [3.63, 3.8) is 0 Å². The SMILES string of the molecule is Cc1nnsc1C(=O)NCCc1csc2nc(-c3ccccc3F)nn12. The van der Waals surface area contributed by atoms with Gasteiger partial charge in [-0.2, -0.15) is 4.98 Å². The number of nitrogens with one attached hydrogen (secondary N) is 1. The lowest BCUT2D eigenvalue weighted by Gasteiger charge is -2.02. The van der Waals surface area contributed by atoms with Crippen molar-refractivity contribution >= 4 is 33.7 Å². The second kappa shape index (κ2) is 6.89. The molecule has 0 fully saturated rings. The van der Waals surface area contributed by atoms with Crippen LogP contribution in [0.25, 0.3) is 16.3 Å². The zero-order valence-electron chi connectivity index (χ0n) is 13.6. The monoisotopic (exact) mass is 388 g/mol. The van der Waals surface area contributed by atoms with Gasteiger partial charge in [0.2, 0.25) is 4.96 Å². The summed E-state index contributed by atoms with van der Waals surface area (Å²) in [6.07, 6.45) is 0.580. The Morgan fingerprint density at radius 2 is 2.19 bits per heavy atom. The molecular formula is C16H13FN6OS2. The highest BCUT2D eigenvalue weighted by molar-refractivity contribution is 7.15. The number of hydrogen-bond acceptors (Lipinski definition) is 7. The Labute approximate surface area is 155 Å². The molecule has 4 rings (SSSR count). The van der Waals surface area contributed by atoms with E-state index in [4.69, 9.17) is 0 Å². The van der Waals surface area contributed by atoms with Gasteiger partial charge in [0.15, 0.2) is 5.82 Å². The van der Waals surface area contributed by atoms with Gasteiger partial charge in [-0.25, -0.2) is 8.91 Å². The fourth-order valence-electron chi connectivity index (χ4n) is 2.48. The smallest absolute Gasteiger partial charge is 0.264 e. The van der Waals surface area contributed by atoms with Crippen LogP contribution in [0.5, 0.6) is 0 Å². The van der Waals surface area contributed by atoms with Crippen molar-refractivity contribution in [3.05, 3.63) is 51.7 Å². The van der Waals surface area contributed by atoms with Gasteiger partial charge < -0.3 is 5.32 Å². The molecule has 0 atom stereocenters. The number of thiazole rings is 1. The maximum Gasteiger partial charge on any atom is 0.264 e. The Morgan fingerprint density at radius 3 is 2.96 bits per heavy atom. The normalized spacial score (nSPS) is 11.2. The van der Waals surface area contributed by atoms with Crippen LogP contribution in [0.3, 0.4) is 0 Å². The van der Waals surface area contributed by atoms with Gasteiger partial charge in [-0.1, -0.05) is 16.6 Å². The summed E-state index contributed by atoms with van der Waals surface area (Å²) in [5.41, 5.74) is 1.89. The van der Waals surface area contributed by atoms with E-state index in [0.717, 1.165) is 17.2 Å². The molecule has 3 aromatic heterocycles. The molecule has 26 heavy (non-hydrogen) atoms.